The Kier molecular flexibility index (Phi) is 4.89. The summed E-state index contributed by atoms with van der Waals surface area (Å²) in [6.07, 6.45) is 1.89. The maximum absolute atomic E-state index is 11.9. The summed E-state index contributed by atoms with van der Waals surface area (Å²) in [7, 11) is 0. The van der Waals surface area contributed by atoms with E-state index in [0.717, 1.165) is 29.4 Å². The molecule has 0 radical (unpaired) electrons. The van der Waals surface area contributed by atoms with Crippen LogP contribution >= 0.6 is 0 Å². The fourth-order valence-electron chi connectivity index (χ4n) is 3.14. The van der Waals surface area contributed by atoms with Crippen molar-refractivity contribution in [3.8, 4) is 5.69 Å². The molecule has 0 atom stereocenters. The minimum atomic E-state index is -0.176. The second-order valence-corrected chi connectivity index (χ2v) is 8.44. The first-order valence-electron chi connectivity index (χ1n) is 9.58. The minimum Gasteiger partial charge on any atom is -0.148 e. The quantitative estimate of drug-likeness (QED) is 0.490. The highest BCUT2D eigenvalue weighted by molar-refractivity contribution is 5.74. The maximum atomic E-state index is 11.9. The molecule has 5 nitrogen and oxygen atoms in total. The van der Waals surface area contributed by atoms with Crippen LogP contribution < -0.4 is 0 Å². The molecule has 0 N–H and O–H groups in total. The lowest BCUT2D eigenvalue weighted by molar-refractivity contribution is 0.488. The van der Waals surface area contributed by atoms with Gasteiger partial charge in [-0.25, -0.2) is 0 Å². The Morgan fingerprint density at radius 2 is 1.48 bits per heavy atom. The lowest BCUT2D eigenvalue weighted by Gasteiger charge is -2.30. The summed E-state index contributed by atoms with van der Waals surface area (Å²) in [6, 6.07) is 11.9. The number of nitrogens with zero attached hydrogens (tertiary/aromatic N) is 4. The van der Waals surface area contributed by atoms with Gasteiger partial charge in [-0.15, -0.1) is 19.9 Å². The molecule has 0 aliphatic rings. The number of hydrogen-bond acceptors (Lipinski definition) is 4. The molecule has 1 aromatic heterocycles. The van der Waals surface area contributed by atoms with Crippen LogP contribution in [0, 0.1) is 4.91 Å². The second kappa shape index (κ2) is 6.87. The predicted molar refractivity (Wildman–Crippen MR) is 111 cm³/mol. The van der Waals surface area contributed by atoms with Gasteiger partial charge in [-0.1, -0.05) is 59.7 Å². The summed E-state index contributed by atoms with van der Waals surface area (Å²) in [6.45, 7) is 13.0. The average Bonchev–Trinajstić information content (AvgIpc) is 3.10. The number of fused-ring (bicyclic) bond motifs is 1. The van der Waals surface area contributed by atoms with Gasteiger partial charge in [-0.3, -0.25) is 0 Å². The van der Waals surface area contributed by atoms with Crippen LogP contribution in [0.3, 0.4) is 0 Å². The summed E-state index contributed by atoms with van der Waals surface area (Å²) >= 11 is 0. The van der Waals surface area contributed by atoms with Crippen LogP contribution in [0.25, 0.3) is 16.7 Å². The van der Waals surface area contributed by atoms with Gasteiger partial charge < -0.3 is 0 Å². The Labute approximate surface area is 160 Å². The van der Waals surface area contributed by atoms with Crippen LogP contribution in [-0.4, -0.2) is 15.0 Å². The standard InChI is InChI=1S/C22H28N4O/c1-7-21(3,4)15-13-16(22(5,6)8-2)20(25-27)19(14-15)26-23-17-11-9-10-12-18(17)24-26/h9-14H,7-8H2,1-6H3. The number of benzene rings is 2. The molecule has 142 valence electrons. The van der Waals surface area contributed by atoms with E-state index in [2.05, 4.69) is 63.0 Å². The zero-order valence-electron chi connectivity index (χ0n) is 17.1. The van der Waals surface area contributed by atoms with Gasteiger partial charge in [0.05, 0.1) is 0 Å². The summed E-state index contributed by atoms with van der Waals surface area (Å²) in [4.78, 5) is 13.5. The van der Waals surface area contributed by atoms with Gasteiger partial charge in [0, 0.05) is 0 Å². The van der Waals surface area contributed by atoms with Gasteiger partial charge in [-0.2, -0.15) is 0 Å². The molecule has 0 unspecified atom stereocenters. The smallest absolute Gasteiger partial charge is 0.139 e. The fraction of sp³-hybridized carbons (Fsp3) is 0.455. The van der Waals surface area contributed by atoms with E-state index >= 15 is 0 Å². The first-order valence-corrected chi connectivity index (χ1v) is 9.58. The van der Waals surface area contributed by atoms with Crippen molar-refractivity contribution in [2.45, 2.75) is 65.2 Å². The van der Waals surface area contributed by atoms with Crippen LogP contribution in [0.2, 0.25) is 0 Å². The normalized spacial score (nSPS) is 12.5. The molecule has 0 aliphatic carbocycles. The highest BCUT2D eigenvalue weighted by Crippen LogP contribution is 2.42. The molecule has 1 heterocycles. The lowest BCUT2D eigenvalue weighted by Crippen LogP contribution is -2.21. The lowest BCUT2D eigenvalue weighted by atomic mass is 9.75. The van der Waals surface area contributed by atoms with Crippen LogP contribution in [0.5, 0.6) is 0 Å². The van der Waals surface area contributed by atoms with Gasteiger partial charge in [0.15, 0.2) is 0 Å². The molecule has 0 aliphatic heterocycles. The molecule has 27 heavy (non-hydrogen) atoms. The first-order chi connectivity index (χ1) is 12.7. The molecular weight excluding hydrogens is 336 g/mol. The molecule has 0 saturated carbocycles. The Bertz CT molecular complexity index is 952. The van der Waals surface area contributed by atoms with Gasteiger partial charge in [0.1, 0.15) is 22.4 Å². The molecular formula is C22H28N4O. The highest BCUT2D eigenvalue weighted by Gasteiger charge is 2.29. The van der Waals surface area contributed by atoms with Crippen LogP contribution in [0.4, 0.5) is 5.69 Å². The average molecular weight is 364 g/mol. The van der Waals surface area contributed by atoms with E-state index in [4.69, 9.17) is 0 Å². The van der Waals surface area contributed by atoms with E-state index in [1.54, 1.807) is 4.80 Å². The summed E-state index contributed by atoms with van der Waals surface area (Å²) < 4.78 is 0. The molecule has 0 amide bonds. The van der Waals surface area contributed by atoms with E-state index in [1.807, 2.05) is 30.3 Å². The van der Waals surface area contributed by atoms with Gasteiger partial charge >= 0.3 is 0 Å². The molecule has 0 fully saturated rings. The summed E-state index contributed by atoms with van der Waals surface area (Å²) in [5, 5.41) is 12.6. The third-order valence-electron chi connectivity index (χ3n) is 5.96. The van der Waals surface area contributed by atoms with E-state index in [1.165, 1.54) is 5.56 Å². The van der Waals surface area contributed by atoms with Crippen molar-refractivity contribution < 1.29 is 0 Å². The zero-order chi connectivity index (χ0) is 19.8. The molecule has 0 saturated heterocycles. The van der Waals surface area contributed by atoms with E-state index < -0.39 is 0 Å². The van der Waals surface area contributed by atoms with Gasteiger partial charge in [0.25, 0.3) is 0 Å². The topological polar surface area (TPSA) is 60.1 Å². The first kappa shape index (κ1) is 19.2. The minimum absolute atomic E-state index is 0.0265. The van der Waals surface area contributed by atoms with Gasteiger partial charge in [-0.05, 0) is 58.2 Å². The monoisotopic (exact) mass is 364 g/mol. The third-order valence-corrected chi connectivity index (χ3v) is 5.96. The molecule has 2 aromatic carbocycles. The molecule has 0 bridgehead atoms. The maximum Gasteiger partial charge on any atom is 0.139 e. The van der Waals surface area contributed by atoms with Crippen LogP contribution in [0.15, 0.2) is 41.6 Å². The Morgan fingerprint density at radius 3 is 1.96 bits per heavy atom. The van der Waals surface area contributed by atoms with Crippen LogP contribution in [-0.2, 0) is 10.8 Å². The Balaban J connectivity index is 2.35. The van der Waals surface area contributed by atoms with Crippen molar-refractivity contribution in [2.75, 3.05) is 0 Å². The number of aromatic nitrogens is 3. The zero-order valence-corrected chi connectivity index (χ0v) is 17.1. The SMILES string of the molecule is CCC(C)(C)c1cc(-n2nc3ccccc3n2)c(N=O)c(C(C)(C)CC)c1. The summed E-state index contributed by atoms with van der Waals surface area (Å²) in [5.41, 5.74) is 4.60. The molecule has 3 aromatic rings. The van der Waals surface area contributed by atoms with E-state index in [-0.39, 0.29) is 10.8 Å². The van der Waals surface area contributed by atoms with Crippen molar-refractivity contribution in [1.29, 1.82) is 0 Å². The Morgan fingerprint density at radius 1 is 0.926 bits per heavy atom. The van der Waals surface area contributed by atoms with Crippen LogP contribution in [0.1, 0.15) is 65.5 Å². The fourth-order valence-corrected chi connectivity index (χ4v) is 3.14. The van der Waals surface area contributed by atoms with E-state index in [0.29, 0.717) is 11.4 Å². The largest absolute Gasteiger partial charge is 0.148 e. The van der Waals surface area contributed by atoms with Crippen molar-refractivity contribution in [3.63, 3.8) is 0 Å². The second-order valence-electron chi connectivity index (χ2n) is 8.44. The molecule has 5 heteroatoms. The van der Waals surface area contributed by atoms with Crippen molar-refractivity contribution in [1.82, 2.24) is 15.0 Å². The third kappa shape index (κ3) is 3.38. The number of nitroso groups, excluding NO2 is 1. The summed E-state index contributed by atoms with van der Waals surface area (Å²) in [5.74, 6) is 0. The molecule has 0 spiro atoms. The highest BCUT2D eigenvalue weighted by atomic mass is 16.3. The Hall–Kier alpha value is -2.56. The van der Waals surface area contributed by atoms with Gasteiger partial charge in [0.2, 0.25) is 0 Å². The van der Waals surface area contributed by atoms with Crippen molar-refractivity contribution in [3.05, 3.63) is 52.4 Å². The number of hydrogen-bond donors (Lipinski definition) is 0. The number of rotatable bonds is 6. The van der Waals surface area contributed by atoms with Crippen molar-refractivity contribution in [2.24, 2.45) is 5.18 Å². The van der Waals surface area contributed by atoms with E-state index in [9.17, 15) is 4.91 Å². The predicted octanol–water partition coefficient (Wildman–Crippen LogP) is 6.19. The van der Waals surface area contributed by atoms with Crippen molar-refractivity contribution >= 4 is 16.7 Å². The molecule has 3 rings (SSSR count).